The molecule has 12 heterocycles. The quantitative estimate of drug-likeness (QED) is 0.0308. The van der Waals surface area contributed by atoms with E-state index in [4.69, 9.17) is 16.3 Å². The van der Waals surface area contributed by atoms with E-state index in [0.717, 1.165) is 51.9 Å². The fraction of sp³-hybridized carbons (Fsp3) is 0.348. The van der Waals surface area contributed by atoms with E-state index in [1.165, 1.54) is 35.9 Å². The van der Waals surface area contributed by atoms with Gasteiger partial charge in [0.25, 0.3) is 5.82 Å². The van der Waals surface area contributed by atoms with Crippen molar-refractivity contribution in [1.82, 2.24) is 78.7 Å². The summed E-state index contributed by atoms with van der Waals surface area (Å²) in [7, 11) is 2.00. The van der Waals surface area contributed by atoms with Crippen molar-refractivity contribution in [2.75, 3.05) is 11.9 Å². The standard InChI is InChI=1S/C16H12N2O.C12H19F3N4.C12H16N6.3C10H5F2N2.C10H18N4.C9H17N5.4Ir/c1-17-8-9-18(11-17)12-6-7-14-13-4-2-3-5-15(13)19-16(14)10-12;1-7(2)16-11(17-8(3)4)19-9(5)6-10(18-19)12(13,14)15;1-8(2)16-12(17-9(3)4)18-7-15-10(6-13)11(18)14-5;3*11-9-5-4-7(10(12)14-9)8-3-1-2-6-13-8;1-8(2)12-10(13-9(3)4)14-7-5-6-11-14;1-7(2)12-9(13-8(3)4)14-6-10-5-11-14;;;;/h2-5,7-11H,1H3;6-8,11H,1-5H3;7-9,12H,1-4H3;3*1-3,5-6H;5-10H,1-4H3;5-9H,1-4H3;;;;/q3*-2;3*-1;2*-2;;3*+3. The summed E-state index contributed by atoms with van der Waals surface area (Å²) in [6.45, 7) is 42.2. The molecule has 0 saturated carbocycles. The van der Waals surface area contributed by atoms with Crippen LogP contribution in [-0.2, 0) is 86.6 Å². The van der Waals surface area contributed by atoms with Crippen molar-refractivity contribution in [2.45, 2.75) is 197 Å². The van der Waals surface area contributed by atoms with E-state index in [-0.39, 0.29) is 170 Å². The Morgan fingerprint density at radius 2 is 0.923 bits per heavy atom. The van der Waals surface area contributed by atoms with Crippen molar-refractivity contribution in [3.63, 3.8) is 0 Å². The predicted molar refractivity (Wildman–Crippen MR) is 466 cm³/mol. The van der Waals surface area contributed by atoms with E-state index < -0.39 is 60.1 Å². The summed E-state index contributed by atoms with van der Waals surface area (Å²) in [5.74, 6) is -5.17. The predicted octanol–water partition coefficient (Wildman–Crippen LogP) is 23.1. The van der Waals surface area contributed by atoms with Crippen LogP contribution in [0.3, 0.4) is 0 Å². The van der Waals surface area contributed by atoms with Gasteiger partial charge in [0.05, 0.1) is 0 Å². The summed E-state index contributed by atoms with van der Waals surface area (Å²) >= 11 is 0. The molecule has 0 bridgehead atoms. The number of alkyl halides is 3. The third-order valence-electron chi connectivity index (χ3n) is 15.9. The molecule has 697 valence electrons. The first-order valence-corrected chi connectivity index (χ1v) is 39.6. The number of rotatable bonds is 24. The average Bonchev–Trinajstić information content (AvgIpc) is 1.64. The maximum atomic E-state index is 13.1. The average molecular weight is 2500 g/mol. The van der Waals surface area contributed by atoms with Crippen LogP contribution in [0.25, 0.3) is 103 Å². The van der Waals surface area contributed by atoms with Gasteiger partial charge in [-0.2, -0.15) is 52.5 Å². The largest absolute Gasteiger partial charge is 3.00 e. The van der Waals surface area contributed by atoms with Crippen molar-refractivity contribution in [1.29, 1.82) is 5.26 Å². The number of furan rings is 1. The summed E-state index contributed by atoms with van der Waals surface area (Å²) in [6.07, 6.45) is 10.7. The van der Waals surface area contributed by atoms with Crippen molar-refractivity contribution in [2.24, 2.45) is 0 Å². The molecule has 130 heavy (non-hydrogen) atoms. The number of aryl methyl sites for hydroxylation is 1. The fourth-order valence-corrected chi connectivity index (χ4v) is 10.7. The number of aromatic nitrogens is 15. The van der Waals surface area contributed by atoms with Gasteiger partial charge in [-0.05, 0) is 85.2 Å². The second kappa shape index (κ2) is 57.2. The molecule has 0 aliphatic carbocycles. The zero-order valence-corrected chi connectivity index (χ0v) is 83.6. The molecular weight excluding hydrogens is 2400 g/mol. The first kappa shape index (κ1) is 114. The van der Waals surface area contributed by atoms with Gasteiger partial charge in [0.1, 0.15) is 60.0 Å². The second-order valence-corrected chi connectivity index (χ2v) is 29.3. The normalized spacial score (nSPS) is 11.5. The third-order valence-corrected chi connectivity index (χ3v) is 15.9. The molecule has 11 aromatic heterocycles. The molecule has 28 nitrogen and oxygen atoms in total. The first-order chi connectivity index (χ1) is 59.9. The molecular formula is C89H97F9Ir4N27O-4. The Morgan fingerprint density at radius 3 is 1.28 bits per heavy atom. The first-order valence-electron chi connectivity index (χ1n) is 39.6. The Kier molecular flexibility index (Phi) is 50.2. The Labute approximate surface area is 806 Å². The summed E-state index contributed by atoms with van der Waals surface area (Å²) < 4.78 is 127. The molecule has 2 aromatic carbocycles. The Morgan fingerprint density at radius 1 is 0.492 bits per heavy atom. The van der Waals surface area contributed by atoms with Crippen LogP contribution in [0, 0.1) is 91.4 Å². The van der Waals surface area contributed by atoms with Gasteiger partial charge in [-0.1, -0.05) is 219 Å². The molecule has 0 unspecified atom stereocenters. The smallest absolute Gasteiger partial charge is 0.657 e. The van der Waals surface area contributed by atoms with E-state index in [0.29, 0.717) is 22.8 Å². The number of fused-ring (bicyclic) bond motifs is 3. The second-order valence-electron chi connectivity index (χ2n) is 29.3. The number of nitriles is 1. The minimum absolute atomic E-state index is 0. The Hall–Kier alpha value is -10.1. The van der Waals surface area contributed by atoms with Crippen LogP contribution in [0.2, 0.25) is 0 Å². The number of hydrogen-bond acceptors (Lipinski definition) is 15. The van der Waals surface area contributed by atoms with Gasteiger partial charge in [0, 0.05) is 62.4 Å². The fourth-order valence-electron chi connectivity index (χ4n) is 10.7. The van der Waals surface area contributed by atoms with Gasteiger partial charge in [0.15, 0.2) is 17.7 Å². The number of pyridine rings is 6. The van der Waals surface area contributed by atoms with Gasteiger partial charge in [0.2, 0.25) is 0 Å². The minimum atomic E-state index is -4.45. The topological polar surface area (TPSA) is 322 Å². The summed E-state index contributed by atoms with van der Waals surface area (Å²) in [4.78, 5) is 36.0. The number of nitrogens with zero attached hydrogens (tertiary/aromatic N) is 27. The van der Waals surface area contributed by atoms with Crippen LogP contribution < -0.4 is 4.90 Å². The van der Waals surface area contributed by atoms with Gasteiger partial charge in [-0.15, -0.1) is 97.2 Å². The molecule has 13 aromatic rings. The molecule has 0 spiro atoms. The van der Waals surface area contributed by atoms with Crippen molar-refractivity contribution in [3.8, 4) is 39.8 Å². The van der Waals surface area contributed by atoms with Crippen LogP contribution in [0.4, 0.5) is 51.0 Å². The van der Waals surface area contributed by atoms with Gasteiger partial charge < -0.3 is 90.5 Å². The van der Waals surface area contributed by atoms with Crippen molar-refractivity contribution >= 4 is 33.4 Å². The molecule has 1 aliphatic rings. The number of benzene rings is 2. The summed E-state index contributed by atoms with van der Waals surface area (Å²) in [6, 6.07) is 46.7. The summed E-state index contributed by atoms with van der Waals surface area (Å²) in [5, 5.41) is 58.3. The van der Waals surface area contributed by atoms with E-state index in [2.05, 4.69) is 133 Å². The van der Waals surface area contributed by atoms with Crippen molar-refractivity contribution < 1.29 is 124 Å². The van der Waals surface area contributed by atoms with Crippen LogP contribution in [0.5, 0.6) is 0 Å². The molecule has 41 heteroatoms. The Balaban J connectivity index is 0.000000383. The number of para-hydroxylation sites is 1. The maximum absolute atomic E-state index is 13.1. The maximum Gasteiger partial charge on any atom is 3.00 e. The Bertz CT molecular complexity index is 5210. The zero-order chi connectivity index (χ0) is 92.3. The van der Waals surface area contributed by atoms with E-state index in [1.807, 2.05) is 195 Å². The molecule has 0 saturated heterocycles. The van der Waals surface area contributed by atoms with Crippen molar-refractivity contribution in [3.05, 3.63) is 321 Å². The van der Waals surface area contributed by atoms with Gasteiger partial charge in [-0.25, -0.2) is 36.3 Å². The van der Waals surface area contributed by atoms with Crippen LogP contribution >= 0.6 is 0 Å². The monoisotopic (exact) mass is 2500 g/mol. The molecule has 0 fully saturated rings. The molecule has 1 radical (unpaired) electrons. The molecule has 1 aliphatic heterocycles. The molecule has 0 N–H and O–H groups in total. The van der Waals surface area contributed by atoms with E-state index in [1.54, 1.807) is 88.0 Å². The minimum Gasteiger partial charge on any atom is -0.657 e. The van der Waals surface area contributed by atoms with E-state index in [9.17, 15) is 39.5 Å². The number of halogens is 9. The van der Waals surface area contributed by atoms with Crippen LogP contribution in [-0.4, -0.2) is 134 Å². The summed E-state index contributed by atoms with van der Waals surface area (Å²) in [5.41, 5.74) is 3.78. The van der Waals surface area contributed by atoms with Crippen LogP contribution in [0.15, 0.2) is 188 Å². The third kappa shape index (κ3) is 37.6. The number of anilines is 1. The zero-order valence-electron chi connectivity index (χ0n) is 74.0. The molecule has 0 amide bonds. The SMILES string of the molecule is CC(C)[N-]C([N-]C(C)C)n1cccn1.CC(C)[N-]C([N-]C(C)C)n1cncn1.CN1C=CN(c2[c-]cc3c(c2)oc2ccccc23)[CH-]1.Cc1cc(C(F)(F)F)nn1C([N-]C(C)C)[N-]C(C)C.Fc1c[c-]c(-c2ccccn2)c(F)n1.Fc1c[c-]c(-c2ccccn2)c(F)n1.Fc1c[c-]c(-c2ccccn2)c(F)n1.[C-]#[N+]c1c(C#N)ncn1C([N-]C(C)C)[N-]C(C)C.[Ir+3].[Ir+3].[Ir+3].[Ir]. The number of imidazole rings is 1. The molecule has 14 rings (SSSR count). The van der Waals surface area contributed by atoms with Crippen LogP contribution in [0.1, 0.15) is 153 Å². The van der Waals surface area contributed by atoms with Gasteiger partial charge in [-0.3, -0.25) is 19.6 Å². The van der Waals surface area contributed by atoms with E-state index >= 15 is 0 Å². The number of hydrogen-bond donors (Lipinski definition) is 0. The van der Waals surface area contributed by atoms with Gasteiger partial charge >= 0.3 is 66.5 Å². The molecule has 0 atom stereocenters.